The van der Waals surface area contributed by atoms with Crippen LogP contribution in [-0.2, 0) is 4.74 Å². The summed E-state index contributed by atoms with van der Waals surface area (Å²) in [5.74, 6) is 0.351. The molecule has 0 aliphatic carbocycles. The molecule has 0 saturated carbocycles. The Labute approximate surface area is 151 Å². The first-order valence-corrected chi connectivity index (χ1v) is 8.46. The van der Waals surface area contributed by atoms with Crippen molar-refractivity contribution in [2.45, 2.75) is 45.8 Å². The molecular weight excluding hydrogens is 341 g/mol. The Hall–Kier alpha value is -2.64. The summed E-state index contributed by atoms with van der Waals surface area (Å²) in [5.41, 5.74) is -0.0422. The lowest BCUT2D eigenvalue weighted by Crippen LogP contribution is -2.36. The number of hydrogen-bond donors (Lipinski definition) is 0. The van der Waals surface area contributed by atoms with Crippen molar-refractivity contribution in [2.24, 2.45) is 0 Å². The van der Waals surface area contributed by atoms with E-state index in [9.17, 15) is 9.18 Å². The van der Waals surface area contributed by atoms with Crippen LogP contribution in [-0.4, -0.2) is 45.9 Å². The van der Waals surface area contributed by atoms with Gasteiger partial charge in [-0.3, -0.25) is 0 Å². The maximum absolute atomic E-state index is 14.4. The second kappa shape index (κ2) is 6.93. The minimum absolute atomic E-state index is 0.130. The Kier molecular flexibility index (Phi) is 4.84. The van der Waals surface area contributed by atoms with Crippen LogP contribution in [0.2, 0.25) is 0 Å². The topological polar surface area (TPSA) is 77.7 Å². The van der Waals surface area contributed by atoms with Crippen molar-refractivity contribution in [1.82, 2.24) is 15.0 Å². The van der Waals surface area contributed by atoms with Crippen LogP contribution in [0.25, 0.3) is 11.4 Å². The van der Waals surface area contributed by atoms with Crippen molar-refractivity contribution in [1.29, 1.82) is 0 Å². The molecule has 1 aliphatic heterocycles. The molecule has 1 aromatic carbocycles. The zero-order valence-electron chi connectivity index (χ0n) is 15.3. The molecular formula is C18H22FN3O4. The third-order valence-corrected chi connectivity index (χ3v) is 3.81. The van der Waals surface area contributed by atoms with Crippen molar-refractivity contribution < 1.29 is 23.2 Å². The molecule has 0 N–H and O–H groups in total. The van der Waals surface area contributed by atoms with E-state index in [2.05, 4.69) is 10.1 Å². The van der Waals surface area contributed by atoms with Gasteiger partial charge in [0.1, 0.15) is 11.7 Å². The summed E-state index contributed by atoms with van der Waals surface area (Å²) in [7, 11) is 0. The molecule has 140 valence electrons. The SMILES string of the molecule is Cc1nc(-c2ccc(O[C@H]3CCN(C(=O)OC(C)(C)C)C3)c(F)c2)no1. The molecule has 1 aliphatic rings. The summed E-state index contributed by atoms with van der Waals surface area (Å²) < 4.78 is 30.3. The van der Waals surface area contributed by atoms with E-state index in [1.165, 1.54) is 12.1 Å². The molecule has 1 atom stereocenters. The van der Waals surface area contributed by atoms with Gasteiger partial charge in [0.25, 0.3) is 0 Å². The fourth-order valence-corrected chi connectivity index (χ4v) is 2.65. The van der Waals surface area contributed by atoms with Crippen molar-refractivity contribution >= 4 is 6.09 Å². The minimum atomic E-state index is -0.550. The van der Waals surface area contributed by atoms with Gasteiger partial charge in [0, 0.05) is 25.5 Å². The number of ether oxygens (including phenoxy) is 2. The van der Waals surface area contributed by atoms with E-state index in [0.29, 0.717) is 36.8 Å². The van der Waals surface area contributed by atoms with E-state index >= 15 is 0 Å². The fraction of sp³-hybridized carbons (Fsp3) is 0.500. The number of likely N-dealkylation sites (tertiary alicyclic amines) is 1. The number of aryl methyl sites for hydroxylation is 1. The highest BCUT2D eigenvalue weighted by atomic mass is 19.1. The number of hydrogen-bond acceptors (Lipinski definition) is 6. The molecule has 0 radical (unpaired) electrons. The van der Waals surface area contributed by atoms with Crippen LogP contribution in [0, 0.1) is 12.7 Å². The number of aromatic nitrogens is 2. The smallest absolute Gasteiger partial charge is 0.410 e. The van der Waals surface area contributed by atoms with Crippen molar-refractivity contribution in [3.8, 4) is 17.1 Å². The zero-order chi connectivity index (χ0) is 18.9. The van der Waals surface area contributed by atoms with Gasteiger partial charge in [0.15, 0.2) is 11.6 Å². The van der Waals surface area contributed by atoms with Gasteiger partial charge in [-0.1, -0.05) is 5.16 Å². The summed E-state index contributed by atoms with van der Waals surface area (Å²) >= 11 is 0. The standard InChI is InChI=1S/C18H22FN3O4/c1-11-20-16(21-26-11)12-5-6-15(14(19)9-12)24-13-7-8-22(10-13)17(23)25-18(2,3)4/h5-6,9,13H,7-8,10H2,1-4H3/t13-/m0/s1. The first-order valence-electron chi connectivity index (χ1n) is 8.46. The summed E-state index contributed by atoms with van der Waals surface area (Å²) in [4.78, 5) is 17.7. The van der Waals surface area contributed by atoms with Crippen LogP contribution in [0.4, 0.5) is 9.18 Å². The van der Waals surface area contributed by atoms with Crippen molar-refractivity contribution in [3.63, 3.8) is 0 Å². The number of carbonyl (C=O) groups excluding carboxylic acids is 1. The average Bonchev–Trinajstić information content (AvgIpc) is 3.17. The summed E-state index contributed by atoms with van der Waals surface area (Å²) in [6.45, 7) is 7.99. The van der Waals surface area contributed by atoms with Crippen LogP contribution >= 0.6 is 0 Å². The van der Waals surface area contributed by atoms with Gasteiger partial charge in [-0.2, -0.15) is 4.98 Å². The molecule has 26 heavy (non-hydrogen) atoms. The number of rotatable bonds is 3. The predicted octanol–water partition coefficient (Wildman–Crippen LogP) is 3.57. The predicted molar refractivity (Wildman–Crippen MR) is 91.3 cm³/mol. The largest absolute Gasteiger partial charge is 0.485 e. The Morgan fingerprint density at radius 2 is 2.15 bits per heavy atom. The highest BCUT2D eigenvalue weighted by Crippen LogP contribution is 2.26. The Morgan fingerprint density at radius 1 is 1.38 bits per heavy atom. The highest BCUT2D eigenvalue weighted by molar-refractivity contribution is 5.68. The van der Waals surface area contributed by atoms with Gasteiger partial charge in [0.05, 0.1) is 6.54 Å². The molecule has 1 fully saturated rings. The Bertz CT molecular complexity index is 800. The molecule has 8 heteroatoms. The van der Waals surface area contributed by atoms with Gasteiger partial charge in [-0.05, 0) is 39.0 Å². The van der Waals surface area contributed by atoms with E-state index < -0.39 is 11.4 Å². The molecule has 1 amide bonds. The molecule has 0 spiro atoms. The Morgan fingerprint density at radius 3 is 2.77 bits per heavy atom. The number of benzene rings is 1. The number of carbonyl (C=O) groups is 1. The average molecular weight is 363 g/mol. The second-order valence-corrected chi connectivity index (χ2v) is 7.24. The number of amides is 1. The van der Waals surface area contributed by atoms with E-state index in [0.717, 1.165) is 0 Å². The summed E-state index contributed by atoms with van der Waals surface area (Å²) in [6, 6.07) is 4.51. The van der Waals surface area contributed by atoms with E-state index in [1.807, 2.05) is 20.8 Å². The zero-order valence-corrected chi connectivity index (χ0v) is 15.3. The van der Waals surface area contributed by atoms with E-state index in [4.69, 9.17) is 14.0 Å². The number of nitrogens with zero attached hydrogens (tertiary/aromatic N) is 3. The Balaban J connectivity index is 1.62. The first-order chi connectivity index (χ1) is 12.2. The first kappa shape index (κ1) is 18.2. The van der Waals surface area contributed by atoms with Gasteiger partial charge < -0.3 is 18.9 Å². The molecule has 1 saturated heterocycles. The summed E-state index contributed by atoms with van der Waals surface area (Å²) in [5, 5.41) is 3.77. The van der Waals surface area contributed by atoms with Crippen LogP contribution in [0.3, 0.4) is 0 Å². The maximum atomic E-state index is 14.4. The lowest BCUT2D eigenvalue weighted by molar-refractivity contribution is 0.0275. The minimum Gasteiger partial charge on any atom is -0.485 e. The quantitative estimate of drug-likeness (QED) is 0.830. The molecule has 7 nitrogen and oxygen atoms in total. The van der Waals surface area contributed by atoms with Crippen LogP contribution in [0.1, 0.15) is 33.1 Å². The maximum Gasteiger partial charge on any atom is 0.410 e. The molecule has 2 heterocycles. The van der Waals surface area contributed by atoms with Crippen LogP contribution in [0.5, 0.6) is 5.75 Å². The summed E-state index contributed by atoms with van der Waals surface area (Å²) in [6.07, 6.45) is -0.0491. The van der Waals surface area contributed by atoms with Crippen molar-refractivity contribution in [3.05, 3.63) is 29.9 Å². The molecule has 0 bridgehead atoms. The molecule has 2 aromatic rings. The molecule has 0 unspecified atom stereocenters. The lowest BCUT2D eigenvalue weighted by atomic mass is 10.2. The van der Waals surface area contributed by atoms with Crippen LogP contribution in [0.15, 0.2) is 22.7 Å². The van der Waals surface area contributed by atoms with Crippen molar-refractivity contribution in [2.75, 3.05) is 13.1 Å². The third kappa shape index (κ3) is 4.30. The fourth-order valence-electron chi connectivity index (χ4n) is 2.65. The van der Waals surface area contributed by atoms with Gasteiger partial charge in [-0.25, -0.2) is 9.18 Å². The highest BCUT2D eigenvalue weighted by Gasteiger charge is 2.31. The van der Waals surface area contributed by atoms with Crippen LogP contribution < -0.4 is 4.74 Å². The van der Waals surface area contributed by atoms with Gasteiger partial charge in [0.2, 0.25) is 11.7 Å². The number of halogens is 1. The van der Waals surface area contributed by atoms with E-state index in [1.54, 1.807) is 17.9 Å². The van der Waals surface area contributed by atoms with E-state index in [-0.39, 0.29) is 17.9 Å². The third-order valence-electron chi connectivity index (χ3n) is 3.81. The molecule has 1 aromatic heterocycles. The monoisotopic (exact) mass is 363 g/mol. The second-order valence-electron chi connectivity index (χ2n) is 7.24. The lowest BCUT2D eigenvalue weighted by Gasteiger charge is -2.24. The van der Waals surface area contributed by atoms with Gasteiger partial charge in [-0.15, -0.1) is 0 Å². The molecule has 3 rings (SSSR count). The van der Waals surface area contributed by atoms with Gasteiger partial charge >= 0.3 is 6.09 Å². The normalized spacial score (nSPS) is 17.4.